The molecule has 2 amide bonds. The molecular weight excluding hydrogens is 304 g/mol. The quantitative estimate of drug-likeness (QED) is 0.868. The first kappa shape index (κ1) is 16.0. The molecule has 1 saturated heterocycles. The molecule has 0 bridgehead atoms. The minimum absolute atomic E-state index is 0.0362. The largest absolute Gasteiger partial charge is 0.326 e. The van der Waals surface area contributed by atoms with Gasteiger partial charge in [0.15, 0.2) is 0 Å². The molecule has 1 aliphatic heterocycles. The maximum absolute atomic E-state index is 12.9. The van der Waals surface area contributed by atoms with E-state index in [0.717, 1.165) is 11.4 Å². The molecule has 0 atom stereocenters. The van der Waals surface area contributed by atoms with Crippen molar-refractivity contribution >= 4 is 17.4 Å². The fraction of sp³-hybridized carbons (Fsp3) is 0.278. The van der Waals surface area contributed by atoms with Gasteiger partial charge in [-0.1, -0.05) is 36.4 Å². The van der Waals surface area contributed by atoms with Gasteiger partial charge in [0, 0.05) is 30.5 Å². The van der Waals surface area contributed by atoms with E-state index in [1.807, 2.05) is 60.7 Å². The van der Waals surface area contributed by atoms with Crippen molar-refractivity contribution in [2.75, 3.05) is 23.3 Å². The van der Waals surface area contributed by atoms with Crippen molar-refractivity contribution < 1.29 is 4.79 Å². The van der Waals surface area contributed by atoms with Crippen LogP contribution in [-0.2, 0) is 0 Å². The third kappa shape index (κ3) is 3.71. The Bertz CT molecular complexity index is 670. The number of nitrogens with zero attached hydrogens (tertiary/aromatic N) is 3. The number of nitrogens with one attached hydrogen (secondary N) is 1. The van der Waals surface area contributed by atoms with Crippen LogP contribution < -0.4 is 10.2 Å². The lowest BCUT2D eigenvalue weighted by Crippen LogP contribution is -2.48. The first-order chi connectivity index (χ1) is 11.8. The highest BCUT2D eigenvalue weighted by Gasteiger charge is 2.29. The van der Waals surface area contributed by atoms with Gasteiger partial charge in [0.25, 0.3) is 0 Å². The van der Waals surface area contributed by atoms with Crippen LogP contribution in [0.4, 0.5) is 16.2 Å². The second kappa shape index (κ2) is 7.59. The number of urea groups is 1. The first-order valence-electron chi connectivity index (χ1n) is 8.06. The van der Waals surface area contributed by atoms with E-state index >= 15 is 0 Å². The van der Waals surface area contributed by atoms with Crippen LogP contribution in [0.15, 0.2) is 65.9 Å². The molecule has 0 aromatic heterocycles. The lowest BCUT2D eigenvalue weighted by atomic mass is 10.0. The van der Waals surface area contributed by atoms with Crippen molar-refractivity contribution in [3.05, 3.63) is 65.6 Å². The number of carbonyl (C=O) groups excluding carboxylic acids is 1. The van der Waals surface area contributed by atoms with E-state index in [9.17, 15) is 9.70 Å². The number of para-hydroxylation sites is 2. The van der Waals surface area contributed by atoms with Gasteiger partial charge in [-0.05, 0) is 37.1 Å². The molecule has 0 radical (unpaired) electrons. The molecule has 24 heavy (non-hydrogen) atoms. The van der Waals surface area contributed by atoms with Crippen molar-refractivity contribution in [1.82, 2.24) is 5.01 Å². The average molecular weight is 324 g/mol. The summed E-state index contributed by atoms with van der Waals surface area (Å²) >= 11 is 0. The van der Waals surface area contributed by atoms with E-state index in [-0.39, 0.29) is 12.1 Å². The Kier molecular flexibility index (Phi) is 5.05. The van der Waals surface area contributed by atoms with Crippen molar-refractivity contribution in [3.8, 4) is 0 Å². The second-order valence-electron chi connectivity index (χ2n) is 5.77. The van der Waals surface area contributed by atoms with Crippen molar-refractivity contribution in [3.63, 3.8) is 0 Å². The fourth-order valence-corrected chi connectivity index (χ4v) is 2.98. The lowest BCUT2D eigenvalue weighted by Gasteiger charge is -2.36. The number of rotatable bonds is 4. The summed E-state index contributed by atoms with van der Waals surface area (Å²) in [6.07, 6.45) is 1.42. The van der Waals surface area contributed by atoms with Crippen molar-refractivity contribution in [1.29, 1.82) is 0 Å². The van der Waals surface area contributed by atoms with Crippen molar-refractivity contribution in [2.24, 2.45) is 5.29 Å². The molecule has 6 nitrogen and oxygen atoms in total. The molecule has 1 heterocycles. The molecule has 0 unspecified atom stereocenters. The summed E-state index contributed by atoms with van der Waals surface area (Å²) in [6.45, 7) is 1.13. The Morgan fingerprint density at radius 1 is 1.00 bits per heavy atom. The Morgan fingerprint density at radius 3 is 2.17 bits per heavy atom. The molecule has 1 N–H and O–H groups in total. The predicted octanol–water partition coefficient (Wildman–Crippen LogP) is 3.87. The molecular formula is C18H20N4O2. The molecule has 1 aliphatic rings. The van der Waals surface area contributed by atoms with Gasteiger partial charge in [-0.15, -0.1) is 4.91 Å². The van der Waals surface area contributed by atoms with Gasteiger partial charge >= 0.3 is 6.03 Å². The van der Waals surface area contributed by atoms with Gasteiger partial charge in [-0.3, -0.25) is 9.91 Å². The van der Waals surface area contributed by atoms with Crippen LogP contribution in [0.25, 0.3) is 0 Å². The number of carbonyl (C=O) groups is 1. The zero-order valence-corrected chi connectivity index (χ0v) is 13.3. The first-order valence-corrected chi connectivity index (χ1v) is 8.06. The van der Waals surface area contributed by atoms with Gasteiger partial charge in [-0.2, -0.15) is 0 Å². The van der Waals surface area contributed by atoms with Crippen LogP contribution >= 0.6 is 0 Å². The zero-order valence-electron chi connectivity index (χ0n) is 13.3. The van der Waals surface area contributed by atoms with E-state index in [4.69, 9.17) is 0 Å². The molecule has 0 saturated carbocycles. The van der Waals surface area contributed by atoms with Gasteiger partial charge in [0.2, 0.25) is 0 Å². The van der Waals surface area contributed by atoms with E-state index in [1.165, 1.54) is 5.01 Å². The van der Waals surface area contributed by atoms with Gasteiger partial charge < -0.3 is 5.32 Å². The second-order valence-corrected chi connectivity index (χ2v) is 5.77. The number of nitroso groups, excluding NO2 is 1. The number of benzene rings is 2. The molecule has 0 aliphatic carbocycles. The average Bonchev–Trinajstić information content (AvgIpc) is 2.64. The number of amides is 2. The number of hydrogen-bond acceptors (Lipinski definition) is 3. The van der Waals surface area contributed by atoms with Gasteiger partial charge in [-0.25, -0.2) is 4.79 Å². The Morgan fingerprint density at radius 2 is 1.58 bits per heavy atom. The maximum Gasteiger partial charge on any atom is 0.326 e. The summed E-state index contributed by atoms with van der Waals surface area (Å²) in [5.74, 6) is 0. The molecule has 0 spiro atoms. The summed E-state index contributed by atoms with van der Waals surface area (Å²) in [6, 6.07) is 18.9. The third-order valence-corrected chi connectivity index (χ3v) is 4.20. The SMILES string of the molecule is O=NN1CCC(N(C(=O)Nc2ccccc2)c2ccccc2)CC1. The van der Waals surface area contributed by atoms with Crippen LogP contribution in [0.3, 0.4) is 0 Å². The minimum atomic E-state index is -0.162. The summed E-state index contributed by atoms with van der Waals surface area (Å²) in [5, 5.41) is 7.45. The normalized spacial score (nSPS) is 14.9. The molecule has 3 rings (SSSR count). The highest BCUT2D eigenvalue weighted by atomic mass is 16.3. The number of piperidine rings is 1. The van der Waals surface area contributed by atoms with E-state index < -0.39 is 0 Å². The van der Waals surface area contributed by atoms with E-state index in [0.29, 0.717) is 25.9 Å². The molecule has 6 heteroatoms. The van der Waals surface area contributed by atoms with Crippen molar-refractivity contribution in [2.45, 2.75) is 18.9 Å². The smallest absolute Gasteiger partial charge is 0.308 e. The molecule has 2 aromatic carbocycles. The Hall–Kier alpha value is -2.89. The van der Waals surface area contributed by atoms with Crippen LogP contribution in [0.2, 0.25) is 0 Å². The number of hydrogen-bond donors (Lipinski definition) is 1. The van der Waals surface area contributed by atoms with Crippen LogP contribution in [-0.4, -0.2) is 30.2 Å². The molecule has 124 valence electrons. The predicted molar refractivity (Wildman–Crippen MR) is 94.8 cm³/mol. The van der Waals surface area contributed by atoms with Crippen LogP contribution in [0, 0.1) is 4.91 Å². The third-order valence-electron chi connectivity index (χ3n) is 4.20. The summed E-state index contributed by atoms with van der Waals surface area (Å²) < 4.78 is 0. The molecule has 1 fully saturated rings. The standard InChI is InChI=1S/C18H20N4O2/c23-18(19-15-7-3-1-4-8-15)22(16-9-5-2-6-10-16)17-11-13-21(20-24)14-12-17/h1-10,17H,11-14H2,(H,19,23). The van der Waals surface area contributed by atoms with E-state index in [2.05, 4.69) is 10.6 Å². The monoisotopic (exact) mass is 324 g/mol. The van der Waals surface area contributed by atoms with Gasteiger partial charge in [0.05, 0.1) is 5.29 Å². The fourth-order valence-electron chi connectivity index (χ4n) is 2.98. The summed E-state index contributed by atoms with van der Waals surface area (Å²) in [4.78, 5) is 25.3. The van der Waals surface area contributed by atoms with Gasteiger partial charge in [0.1, 0.15) is 0 Å². The van der Waals surface area contributed by atoms with Crippen LogP contribution in [0.1, 0.15) is 12.8 Å². The minimum Gasteiger partial charge on any atom is -0.308 e. The Balaban J connectivity index is 1.80. The van der Waals surface area contributed by atoms with Crippen LogP contribution in [0.5, 0.6) is 0 Å². The highest BCUT2D eigenvalue weighted by molar-refractivity contribution is 6.02. The molecule has 2 aromatic rings. The maximum atomic E-state index is 12.9. The van der Waals surface area contributed by atoms with E-state index in [1.54, 1.807) is 4.90 Å². The lowest BCUT2D eigenvalue weighted by molar-refractivity contribution is 0.211. The topological polar surface area (TPSA) is 65.0 Å². The summed E-state index contributed by atoms with van der Waals surface area (Å²) in [7, 11) is 0. The number of anilines is 2. The summed E-state index contributed by atoms with van der Waals surface area (Å²) in [5.41, 5.74) is 1.61. The highest BCUT2D eigenvalue weighted by Crippen LogP contribution is 2.25. The Labute approximate surface area is 141 Å². The zero-order chi connectivity index (χ0) is 16.8.